The fraction of sp³-hybridized carbons (Fsp3) is 0.471. The zero-order chi connectivity index (χ0) is 17.3. The van der Waals surface area contributed by atoms with Crippen molar-refractivity contribution in [1.29, 1.82) is 0 Å². The van der Waals surface area contributed by atoms with Gasteiger partial charge < -0.3 is 19.3 Å². The number of amides is 1. The number of fused-ring (bicyclic) bond motifs is 1. The highest BCUT2D eigenvalue weighted by Crippen LogP contribution is 2.39. The number of likely N-dealkylation sites (N-methyl/N-ethyl adjacent to an activating group) is 1. The van der Waals surface area contributed by atoms with Gasteiger partial charge in [0.15, 0.2) is 5.78 Å². The Morgan fingerprint density at radius 1 is 1.17 bits per heavy atom. The van der Waals surface area contributed by atoms with E-state index in [1.54, 1.807) is 17.0 Å². The van der Waals surface area contributed by atoms with Crippen LogP contribution in [0.5, 0.6) is 11.5 Å². The Morgan fingerprint density at radius 2 is 1.88 bits per heavy atom. The Bertz CT molecular complexity index is 693. The molecule has 1 aromatic carbocycles. The summed E-state index contributed by atoms with van der Waals surface area (Å²) in [5.74, 6) is -0.371. The Morgan fingerprint density at radius 3 is 2.50 bits per heavy atom. The zero-order valence-corrected chi connectivity index (χ0v) is 14.1. The van der Waals surface area contributed by atoms with Crippen LogP contribution in [0, 0.1) is 5.92 Å². The SMILES string of the molecule is COc1cc(OC)c2c(c1)C(=O)C(C(=O)N1CCN(C)CC1)C=N2. The van der Waals surface area contributed by atoms with Crippen LogP contribution in [0.15, 0.2) is 17.1 Å². The first-order valence-electron chi connectivity index (χ1n) is 7.87. The number of benzene rings is 1. The molecule has 7 nitrogen and oxygen atoms in total. The second kappa shape index (κ2) is 6.60. The quantitative estimate of drug-likeness (QED) is 0.773. The first-order chi connectivity index (χ1) is 11.5. The molecule has 0 spiro atoms. The number of aliphatic imine (C=N–C) groups is 1. The number of methoxy groups -OCH3 is 2. The molecule has 2 heterocycles. The molecule has 0 aromatic heterocycles. The summed E-state index contributed by atoms with van der Waals surface area (Å²) in [6, 6.07) is 3.28. The molecule has 128 valence electrons. The van der Waals surface area contributed by atoms with Crippen LogP contribution < -0.4 is 9.47 Å². The van der Waals surface area contributed by atoms with Crippen LogP contribution in [0.4, 0.5) is 5.69 Å². The van der Waals surface area contributed by atoms with Gasteiger partial charge in [0.2, 0.25) is 5.91 Å². The van der Waals surface area contributed by atoms with Crippen LogP contribution in [0.2, 0.25) is 0 Å². The smallest absolute Gasteiger partial charge is 0.239 e. The Balaban J connectivity index is 1.88. The number of piperazine rings is 1. The average Bonchev–Trinajstić information content (AvgIpc) is 2.61. The fourth-order valence-corrected chi connectivity index (χ4v) is 2.96. The molecule has 1 fully saturated rings. The van der Waals surface area contributed by atoms with Crippen molar-refractivity contribution in [1.82, 2.24) is 9.80 Å². The predicted octanol–water partition coefficient (Wildman–Crippen LogP) is 0.993. The van der Waals surface area contributed by atoms with Crippen LogP contribution in [-0.4, -0.2) is 75.2 Å². The normalized spacial score (nSPS) is 20.7. The number of hydrogen-bond donors (Lipinski definition) is 0. The third-order valence-electron chi connectivity index (χ3n) is 4.49. The maximum atomic E-state index is 12.8. The van der Waals surface area contributed by atoms with Gasteiger partial charge in [0.25, 0.3) is 0 Å². The molecule has 1 unspecified atom stereocenters. The number of nitrogens with zero attached hydrogens (tertiary/aromatic N) is 3. The average molecular weight is 331 g/mol. The molecule has 2 aliphatic rings. The van der Waals surface area contributed by atoms with Gasteiger partial charge in [-0.2, -0.15) is 0 Å². The van der Waals surface area contributed by atoms with Crippen LogP contribution in [0.3, 0.4) is 0 Å². The molecule has 24 heavy (non-hydrogen) atoms. The highest BCUT2D eigenvalue weighted by molar-refractivity contribution is 6.24. The monoisotopic (exact) mass is 331 g/mol. The maximum absolute atomic E-state index is 12.8. The van der Waals surface area contributed by atoms with Gasteiger partial charge in [-0.15, -0.1) is 0 Å². The maximum Gasteiger partial charge on any atom is 0.239 e. The summed E-state index contributed by atoms with van der Waals surface area (Å²) < 4.78 is 10.5. The summed E-state index contributed by atoms with van der Waals surface area (Å²) in [6.45, 7) is 2.87. The summed E-state index contributed by atoms with van der Waals surface area (Å²) in [5, 5.41) is 0. The lowest BCUT2D eigenvalue weighted by Crippen LogP contribution is -2.50. The second-order valence-corrected chi connectivity index (χ2v) is 5.97. The van der Waals surface area contributed by atoms with E-state index in [1.165, 1.54) is 20.4 Å². The summed E-state index contributed by atoms with van der Waals surface area (Å²) >= 11 is 0. The molecule has 1 saturated heterocycles. The largest absolute Gasteiger partial charge is 0.497 e. The van der Waals surface area contributed by atoms with Crippen molar-refractivity contribution in [3.8, 4) is 11.5 Å². The summed E-state index contributed by atoms with van der Waals surface area (Å²) in [4.78, 5) is 33.8. The first-order valence-corrected chi connectivity index (χ1v) is 7.87. The van der Waals surface area contributed by atoms with Crippen LogP contribution in [-0.2, 0) is 4.79 Å². The van der Waals surface area contributed by atoms with E-state index >= 15 is 0 Å². The Hall–Kier alpha value is -2.41. The molecule has 1 atom stereocenters. The van der Waals surface area contributed by atoms with E-state index in [-0.39, 0.29) is 11.7 Å². The molecular formula is C17H21N3O4. The molecule has 3 rings (SSSR count). The Kier molecular flexibility index (Phi) is 4.53. The highest BCUT2D eigenvalue weighted by atomic mass is 16.5. The van der Waals surface area contributed by atoms with E-state index in [4.69, 9.17) is 9.47 Å². The van der Waals surface area contributed by atoms with Gasteiger partial charge in [-0.05, 0) is 13.1 Å². The molecule has 0 bridgehead atoms. The van der Waals surface area contributed by atoms with E-state index in [0.717, 1.165) is 13.1 Å². The highest BCUT2D eigenvalue weighted by Gasteiger charge is 2.36. The third-order valence-corrected chi connectivity index (χ3v) is 4.49. The lowest BCUT2D eigenvalue weighted by molar-refractivity contribution is -0.133. The van der Waals surface area contributed by atoms with Gasteiger partial charge in [0, 0.05) is 38.5 Å². The lowest BCUT2D eigenvalue weighted by atomic mass is 9.92. The number of ether oxygens (including phenoxy) is 2. The van der Waals surface area contributed by atoms with Crippen molar-refractivity contribution < 1.29 is 19.1 Å². The summed E-state index contributed by atoms with van der Waals surface area (Å²) in [7, 11) is 5.05. The van der Waals surface area contributed by atoms with Crippen LogP contribution >= 0.6 is 0 Å². The van der Waals surface area contributed by atoms with E-state index in [1.807, 2.05) is 7.05 Å². The van der Waals surface area contributed by atoms with Crippen molar-refractivity contribution in [2.45, 2.75) is 0 Å². The van der Waals surface area contributed by atoms with Gasteiger partial charge in [-0.3, -0.25) is 14.6 Å². The number of carbonyl (C=O) groups is 2. The minimum Gasteiger partial charge on any atom is -0.497 e. The van der Waals surface area contributed by atoms with Crippen molar-refractivity contribution in [2.24, 2.45) is 10.9 Å². The van der Waals surface area contributed by atoms with Gasteiger partial charge >= 0.3 is 0 Å². The molecule has 0 saturated carbocycles. The molecule has 1 aromatic rings. The molecule has 2 aliphatic heterocycles. The predicted molar refractivity (Wildman–Crippen MR) is 89.6 cm³/mol. The molecule has 0 N–H and O–H groups in total. The van der Waals surface area contributed by atoms with Gasteiger partial charge in [0.1, 0.15) is 23.1 Å². The number of Topliss-reactive ketones (excluding diaryl/α,β-unsaturated/α-hetero) is 1. The number of hydrogen-bond acceptors (Lipinski definition) is 6. The summed E-state index contributed by atoms with van der Waals surface area (Å²) in [5.41, 5.74) is 0.812. The fourth-order valence-electron chi connectivity index (χ4n) is 2.96. The Labute approximate surface area is 140 Å². The standard InChI is InChI=1S/C17H21N3O4/c1-19-4-6-20(7-5-19)17(22)13-10-18-15-12(16(13)21)8-11(23-2)9-14(15)24-3/h8-10,13H,4-7H2,1-3H3. The van der Waals surface area contributed by atoms with E-state index in [0.29, 0.717) is 35.8 Å². The number of ketones is 1. The molecule has 0 aliphatic carbocycles. The second-order valence-electron chi connectivity index (χ2n) is 5.97. The van der Waals surface area contributed by atoms with Gasteiger partial charge in [0.05, 0.1) is 19.8 Å². The zero-order valence-electron chi connectivity index (χ0n) is 14.1. The van der Waals surface area contributed by atoms with E-state index in [2.05, 4.69) is 9.89 Å². The third kappa shape index (κ3) is 2.87. The topological polar surface area (TPSA) is 71.4 Å². The van der Waals surface area contributed by atoms with Crippen LogP contribution in [0.25, 0.3) is 0 Å². The minimum absolute atomic E-state index is 0.190. The van der Waals surface area contributed by atoms with Crippen molar-refractivity contribution in [3.05, 3.63) is 17.7 Å². The van der Waals surface area contributed by atoms with E-state index in [9.17, 15) is 9.59 Å². The molecule has 0 radical (unpaired) electrons. The van der Waals surface area contributed by atoms with Crippen molar-refractivity contribution in [3.63, 3.8) is 0 Å². The molecule has 7 heteroatoms. The van der Waals surface area contributed by atoms with E-state index < -0.39 is 5.92 Å². The minimum atomic E-state index is -0.877. The van der Waals surface area contributed by atoms with Crippen molar-refractivity contribution in [2.75, 3.05) is 47.4 Å². The first kappa shape index (κ1) is 16.4. The summed E-state index contributed by atoms with van der Waals surface area (Å²) in [6.07, 6.45) is 1.43. The number of rotatable bonds is 3. The van der Waals surface area contributed by atoms with Crippen molar-refractivity contribution >= 4 is 23.6 Å². The molecule has 1 amide bonds. The lowest BCUT2D eigenvalue weighted by Gasteiger charge is -2.34. The molecular weight excluding hydrogens is 310 g/mol. The van der Waals surface area contributed by atoms with Crippen LogP contribution in [0.1, 0.15) is 10.4 Å². The van der Waals surface area contributed by atoms with Gasteiger partial charge in [-0.25, -0.2) is 0 Å². The van der Waals surface area contributed by atoms with Gasteiger partial charge in [-0.1, -0.05) is 0 Å². The number of carbonyl (C=O) groups excluding carboxylic acids is 2.